The lowest BCUT2D eigenvalue weighted by atomic mass is 10.1. The van der Waals surface area contributed by atoms with Crippen LogP contribution in [0.25, 0.3) is 0 Å². The minimum absolute atomic E-state index is 0.143. The highest BCUT2D eigenvalue weighted by molar-refractivity contribution is 6.30. The Morgan fingerprint density at radius 3 is 2.82 bits per heavy atom. The number of halogens is 1. The summed E-state index contributed by atoms with van der Waals surface area (Å²) < 4.78 is 0. The summed E-state index contributed by atoms with van der Waals surface area (Å²) in [6.45, 7) is 4.06. The van der Waals surface area contributed by atoms with E-state index in [0.29, 0.717) is 0 Å². The van der Waals surface area contributed by atoms with Crippen LogP contribution in [-0.2, 0) is 0 Å². The summed E-state index contributed by atoms with van der Waals surface area (Å²) in [5, 5.41) is 12.0. The zero-order valence-corrected chi connectivity index (χ0v) is 10.6. The smallest absolute Gasteiger partial charge is 0.149 e. The Hall–Kier alpha value is -1.61. The molecular formula is C13H14ClN3. The van der Waals surface area contributed by atoms with Crippen molar-refractivity contribution in [2.75, 3.05) is 5.32 Å². The molecule has 0 bridgehead atoms. The Morgan fingerprint density at radius 2 is 2.12 bits per heavy atom. The van der Waals surface area contributed by atoms with Gasteiger partial charge in [-0.1, -0.05) is 23.7 Å². The van der Waals surface area contributed by atoms with Crippen LogP contribution in [0.1, 0.15) is 24.1 Å². The fourth-order valence-electron chi connectivity index (χ4n) is 1.62. The number of hydrogen-bond acceptors (Lipinski definition) is 3. The first-order chi connectivity index (χ1) is 8.15. The number of nitrogens with one attached hydrogen (secondary N) is 1. The molecule has 0 aliphatic carbocycles. The molecule has 0 aliphatic rings. The summed E-state index contributed by atoms with van der Waals surface area (Å²) in [6.07, 6.45) is 1.73. The molecule has 0 spiro atoms. The van der Waals surface area contributed by atoms with Crippen LogP contribution in [-0.4, -0.2) is 10.2 Å². The fraction of sp³-hybridized carbons (Fsp3) is 0.231. The van der Waals surface area contributed by atoms with Crippen LogP contribution in [0.4, 0.5) is 5.82 Å². The van der Waals surface area contributed by atoms with Gasteiger partial charge in [0.1, 0.15) is 5.82 Å². The molecule has 17 heavy (non-hydrogen) atoms. The predicted octanol–water partition coefficient (Wildman–Crippen LogP) is 3.61. The first-order valence-electron chi connectivity index (χ1n) is 5.46. The summed E-state index contributed by atoms with van der Waals surface area (Å²) in [4.78, 5) is 0. The van der Waals surface area contributed by atoms with Crippen molar-refractivity contribution in [3.63, 3.8) is 0 Å². The van der Waals surface area contributed by atoms with Crippen molar-refractivity contribution in [1.29, 1.82) is 0 Å². The van der Waals surface area contributed by atoms with Crippen molar-refractivity contribution < 1.29 is 0 Å². The SMILES string of the molecule is Cc1cnnc(NC(C)c2cccc(Cl)c2)c1. The molecule has 1 atom stereocenters. The highest BCUT2D eigenvalue weighted by Crippen LogP contribution is 2.20. The Balaban J connectivity index is 2.14. The van der Waals surface area contributed by atoms with E-state index >= 15 is 0 Å². The number of rotatable bonds is 3. The molecule has 0 aliphatic heterocycles. The van der Waals surface area contributed by atoms with Crippen LogP contribution in [0.15, 0.2) is 36.5 Å². The third-order valence-corrected chi connectivity index (χ3v) is 2.74. The molecule has 3 nitrogen and oxygen atoms in total. The standard InChI is InChI=1S/C13H14ClN3/c1-9-6-13(17-15-8-9)16-10(2)11-4-3-5-12(14)7-11/h3-8,10H,1-2H3,(H,16,17). The van der Waals surface area contributed by atoms with Crippen molar-refractivity contribution in [3.8, 4) is 0 Å². The van der Waals surface area contributed by atoms with Crippen molar-refractivity contribution in [1.82, 2.24) is 10.2 Å². The Bertz CT molecular complexity index is 514. The second kappa shape index (κ2) is 5.15. The maximum Gasteiger partial charge on any atom is 0.149 e. The van der Waals surface area contributed by atoms with Crippen LogP contribution in [0.5, 0.6) is 0 Å². The Labute approximate surface area is 106 Å². The number of nitrogens with zero attached hydrogens (tertiary/aromatic N) is 2. The average molecular weight is 248 g/mol. The van der Waals surface area contributed by atoms with Crippen molar-refractivity contribution in [3.05, 3.63) is 52.7 Å². The van der Waals surface area contributed by atoms with Gasteiger partial charge in [-0.25, -0.2) is 0 Å². The van der Waals surface area contributed by atoms with Crippen molar-refractivity contribution >= 4 is 17.4 Å². The molecule has 2 aromatic rings. The van der Waals surface area contributed by atoms with Gasteiger partial charge in [0.15, 0.2) is 0 Å². The van der Waals surface area contributed by atoms with E-state index in [0.717, 1.165) is 22.0 Å². The molecule has 1 unspecified atom stereocenters. The van der Waals surface area contributed by atoms with Crippen molar-refractivity contribution in [2.24, 2.45) is 0 Å². The van der Waals surface area contributed by atoms with Gasteiger partial charge in [0.25, 0.3) is 0 Å². The number of aromatic nitrogens is 2. The second-order valence-electron chi connectivity index (χ2n) is 4.04. The maximum absolute atomic E-state index is 5.96. The molecular weight excluding hydrogens is 234 g/mol. The van der Waals surface area contributed by atoms with Crippen molar-refractivity contribution in [2.45, 2.75) is 19.9 Å². The molecule has 1 N–H and O–H groups in total. The number of aryl methyl sites for hydroxylation is 1. The van der Waals surface area contributed by atoms with Gasteiger partial charge < -0.3 is 5.32 Å². The van der Waals surface area contributed by atoms with E-state index in [2.05, 4.69) is 22.4 Å². The lowest BCUT2D eigenvalue weighted by Crippen LogP contribution is -2.08. The third kappa shape index (κ3) is 3.17. The van der Waals surface area contributed by atoms with E-state index in [9.17, 15) is 0 Å². The number of benzene rings is 1. The molecule has 4 heteroatoms. The van der Waals surface area contributed by atoms with E-state index in [4.69, 9.17) is 11.6 Å². The summed E-state index contributed by atoms with van der Waals surface area (Å²) in [6, 6.07) is 9.90. The molecule has 1 heterocycles. The van der Waals surface area contributed by atoms with Gasteiger partial charge >= 0.3 is 0 Å². The summed E-state index contributed by atoms with van der Waals surface area (Å²) in [5.74, 6) is 0.775. The van der Waals surface area contributed by atoms with Gasteiger partial charge in [0, 0.05) is 5.02 Å². The van der Waals surface area contributed by atoms with Gasteiger partial charge in [-0.05, 0) is 43.2 Å². The lowest BCUT2D eigenvalue weighted by molar-refractivity contribution is 0.859. The van der Waals surface area contributed by atoms with Crippen LogP contribution >= 0.6 is 11.6 Å². The van der Waals surface area contributed by atoms with E-state index in [1.165, 1.54) is 0 Å². The minimum atomic E-state index is 0.143. The molecule has 0 radical (unpaired) electrons. The summed E-state index contributed by atoms with van der Waals surface area (Å²) in [5.41, 5.74) is 2.21. The van der Waals surface area contributed by atoms with E-state index in [-0.39, 0.29) is 6.04 Å². The van der Waals surface area contributed by atoms with Gasteiger partial charge in [0.05, 0.1) is 12.2 Å². The minimum Gasteiger partial charge on any atom is -0.362 e. The Kier molecular flexibility index (Phi) is 3.59. The molecule has 0 fully saturated rings. The zero-order chi connectivity index (χ0) is 12.3. The normalized spacial score (nSPS) is 12.2. The first-order valence-corrected chi connectivity index (χ1v) is 5.84. The molecule has 0 saturated heterocycles. The van der Waals surface area contributed by atoms with Crippen LogP contribution in [0.3, 0.4) is 0 Å². The van der Waals surface area contributed by atoms with Gasteiger partial charge in [-0.3, -0.25) is 0 Å². The largest absolute Gasteiger partial charge is 0.362 e. The van der Waals surface area contributed by atoms with Gasteiger partial charge in [0.2, 0.25) is 0 Å². The monoisotopic (exact) mass is 247 g/mol. The number of hydrogen-bond donors (Lipinski definition) is 1. The van der Waals surface area contributed by atoms with Gasteiger partial charge in [-0.15, -0.1) is 5.10 Å². The topological polar surface area (TPSA) is 37.8 Å². The highest BCUT2D eigenvalue weighted by atomic mass is 35.5. The molecule has 88 valence electrons. The van der Waals surface area contributed by atoms with E-state index in [1.807, 2.05) is 37.3 Å². The second-order valence-corrected chi connectivity index (χ2v) is 4.48. The zero-order valence-electron chi connectivity index (χ0n) is 9.81. The summed E-state index contributed by atoms with van der Waals surface area (Å²) >= 11 is 5.96. The van der Waals surface area contributed by atoms with E-state index < -0.39 is 0 Å². The molecule has 2 rings (SSSR count). The highest BCUT2D eigenvalue weighted by Gasteiger charge is 2.06. The molecule has 0 amide bonds. The fourth-order valence-corrected chi connectivity index (χ4v) is 1.81. The lowest BCUT2D eigenvalue weighted by Gasteiger charge is -2.14. The van der Waals surface area contributed by atoms with Crippen LogP contribution in [0.2, 0.25) is 5.02 Å². The number of anilines is 1. The molecule has 1 aromatic heterocycles. The van der Waals surface area contributed by atoms with E-state index in [1.54, 1.807) is 6.20 Å². The predicted molar refractivity (Wildman–Crippen MR) is 70.3 cm³/mol. The first kappa shape index (κ1) is 11.9. The Morgan fingerprint density at radius 1 is 1.29 bits per heavy atom. The maximum atomic E-state index is 5.96. The van der Waals surface area contributed by atoms with Gasteiger partial charge in [-0.2, -0.15) is 5.10 Å². The summed E-state index contributed by atoms with van der Waals surface area (Å²) in [7, 11) is 0. The average Bonchev–Trinajstić information content (AvgIpc) is 2.29. The third-order valence-electron chi connectivity index (χ3n) is 2.50. The molecule has 0 saturated carbocycles. The van der Waals surface area contributed by atoms with Crippen LogP contribution < -0.4 is 5.32 Å². The van der Waals surface area contributed by atoms with Crippen LogP contribution in [0, 0.1) is 6.92 Å². The quantitative estimate of drug-likeness (QED) is 0.900. The molecule has 1 aromatic carbocycles.